The molecule has 3 atom stereocenters. The average molecular weight is 311 g/mol. The van der Waals surface area contributed by atoms with Crippen molar-refractivity contribution in [1.29, 1.82) is 0 Å². The lowest BCUT2D eigenvalue weighted by molar-refractivity contribution is -0.384. The summed E-state index contributed by atoms with van der Waals surface area (Å²) in [6, 6.07) is 5.34. The maximum Gasteiger partial charge on any atom is 0.270 e. The van der Waals surface area contributed by atoms with Gasteiger partial charge < -0.3 is 5.32 Å². The second-order valence-electron chi connectivity index (χ2n) is 5.98. The minimum absolute atomic E-state index is 0.0593. The highest BCUT2D eigenvalue weighted by Gasteiger charge is 2.29. The van der Waals surface area contributed by atoms with E-state index in [0.717, 1.165) is 17.9 Å². The minimum atomic E-state index is -0.403. The van der Waals surface area contributed by atoms with E-state index in [-0.39, 0.29) is 5.69 Å². The van der Waals surface area contributed by atoms with Gasteiger partial charge in [-0.2, -0.15) is 0 Å². The van der Waals surface area contributed by atoms with Crippen LogP contribution in [0.2, 0.25) is 5.02 Å². The van der Waals surface area contributed by atoms with E-state index in [0.29, 0.717) is 17.0 Å². The van der Waals surface area contributed by atoms with Crippen LogP contribution in [0.4, 0.5) is 5.69 Å². The third-order valence-electron chi connectivity index (χ3n) is 4.77. The van der Waals surface area contributed by atoms with Crippen LogP contribution in [0, 0.1) is 22.0 Å². The van der Waals surface area contributed by atoms with Gasteiger partial charge in [-0.15, -0.1) is 0 Å². The van der Waals surface area contributed by atoms with E-state index in [9.17, 15) is 10.1 Å². The van der Waals surface area contributed by atoms with E-state index >= 15 is 0 Å². The second kappa shape index (κ2) is 7.23. The van der Waals surface area contributed by atoms with Crippen LogP contribution in [0.5, 0.6) is 0 Å². The van der Waals surface area contributed by atoms with Crippen molar-refractivity contribution in [2.24, 2.45) is 11.8 Å². The summed E-state index contributed by atoms with van der Waals surface area (Å²) in [6.45, 7) is 2.25. The summed E-state index contributed by atoms with van der Waals surface area (Å²) in [7, 11) is 2.02. The number of hydrogen-bond donors (Lipinski definition) is 1. The van der Waals surface area contributed by atoms with Crippen LogP contribution in [0.3, 0.4) is 0 Å². The third kappa shape index (κ3) is 3.95. The molecule has 0 saturated heterocycles. The van der Waals surface area contributed by atoms with Gasteiger partial charge in [0.2, 0.25) is 0 Å². The Labute approximate surface area is 131 Å². The van der Waals surface area contributed by atoms with E-state index in [2.05, 4.69) is 12.2 Å². The number of hydrogen-bond acceptors (Lipinski definition) is 3. The van der Waals surface area contributed by atoms with Crippen molar-refractivity contribution >= 4 is 17.3 Å². The Hall–Kier alpha value is -1.13. The highest BCUT2D eigenvalue weighted by Crippen LogP contribution is 2.35. The predicted molar refractivity (Wildman–Crippen MR) is 85.8 cm³/mol. The number of benzene rings is 1. The first-order chi connectivity index (χ1) is 10.0. The molecule has 0 spiro atoms. The highest BCUT2D eigenvalue weighted by molar-refractivity contribution is 6.31. The number of nitrogens with zero attached hydrogens (tertiary/aromatic N) is 1. The molecule has 5 heteroatoms. The molecule has 1 aliphatic carbocycles. The zero-order chi connectivity index (χ0) is 15.4. The zero-order valence-electron chi connectivity index (χ0n) is 12.6. The fraction of sp³-hybridized carbons (Fsp3) is 0.625. The molecule has 0 amide bonds. The summed E-state index contributed by atoms with van der Waals surface area (Å²) >= 11 is 6.23. The van der Waals surface area contributed by atoms with E-state index in [4.69, 9.17) is 11.6 Å². The molecule has 0 aliphatic heterocycles. The lowest BCUT2D eigenvalue weighted by atomic mass is 9.74. The van der Waals surface area contributed by atoms with Crippen molar-refractivity contribution in [2.75, 3.05) is 7.05 Å². The molecule has 1 aliphatic rings. The largest absolute Gasteiger partial charge is 0.317 e. The Balaban J connectivity index is 2.13. The second-order valence-corrected chi connectivity index (χ2v) is 6.39. The molecule has 0 bridgehead atoms. The maximum atomic E-state index is 10.8. The van der Waals surface area contributed by atoms with Crippen LogP contribution in [-0.2, 0) is 6.42 Å². The van der Waals surface area contributed by atoms with Gasteiger partial charge in [0, 0.05) is 18.2 Å². The molecule has 1 saturated carbocycles. The van der Waals surface area contributed by atoms with Crippen LogP contribution in [0.1, 0.15) is 38.2 Å². The first-order valence-electron chi connectivity index (χ1n) is 7.65. The summed E-state index contributed by atoms with van der Waals surface area (Å²) in [5.74, 6) is 1.34. The Kier molecular flexibility index (Phi) is 5.59. The number of rotatable bonds is 5. The van der Waals surface area contributed by atoms with Crippen LogP contribution < -0.4 is 5.32 Å². The molecule has 4 nitrogen and oxygen atoms in total. The molecule has 116 valence electrons. The Morgan fingerprint density at radius 3 is 2.76 bits per heavy atom. The molecule has 0 heterocycles. The van der Waals surface area contributed by atoms with Gasteiger partial charge in [-0.05, 0) is 50.1 Å². The summed E-state index contributed by atoms with van der Waals surface area (Å²) in [4.78, 5) is 10.4. The highest BCUT2D eigenvalue weighted by atomic mass is 35.5. The minimum Gasteiger partial charge on any atom is -0.317 e. The van der Waals surface area contributed by atoms with Crippen LogP contribution in [0.15, 0.2) is 18.2 Å². The van der Waals surface area contributed by atoms with Gasteiger partial charge in [0.05, 0.1) is 9.95 Å². The lowest BCUT2D eigenvalue weighted by Crippen LogP contribution is -2.39. The van der Waals surface area contributed by atoms with E-state index < -0.39 is 4.92 Å². The van der Waals surface area contributed by atoms with Crippen molar-refractivity contribution in [1.82, 2.24) is 5.32 Å². The van der Waals surface area contributed by atoms with Gasteiger partial charge in [-0.3, -0.25) is 10.1 Å². The number of nitrogens with one attached hydrogen (secondary N) is 1. The van der Waals surface area contributed by atoms with Gasteiger partial charge >= 0.3 is 0 Å². The topological polar surface area (TPSA) is 55.2 Å². The van der Waals surface area contributed by atoms with E-state index in [1.165, 1.54) is 31.7 Å². The Morgan fingerprint density at radius 2 is 2.19 bits per heavy atom. The monoisotopic (exact) mass is 310 g/mol. The van der Waals surface area contributed by atoms with E-state index in [1.807, 2.05) is 13.1 Å². The average Bonchev–Trinajstić information content (AvgIpc) is 2.49. The normalized spacial score (nSPS) is 25.8. The SMILES string of the molecule is CCC1CCC(NC)C(Cc2ccc([N+](=O)[O-])cc2Cl)C1. The van der Waals surface area contributed by atoms with Crippen molar-refractivity contribution in [3.63, 3.8) is 0 Å². The summed E-state index contributed by atoms with van der Waals surface area (Å²) in [6.07, 6.45) is 5.80. The molecule has 1 aromatic rings. The molecule has 1 fully saturated rings. The fourth-order valence-corrected chi connectivity index (χ4v) is 3.69. The van der Waals surface area contributed by atoms with Gasteiger partial charge in [-0.1, -0.05) is 31.0 Å². The molecule has 21 heavy (non-hydrogen) atoms. The summed E-state index contributed by atoms with van der Waals surface area (Å²) in [5.41, 5.74) is 1.08. The predicted octanol–water partition coefficient (Wildman–Crippen LogP) is 4.21. The quantitative estimate of drug-likeness (QED) is 0.655. The van der Waals surface area contributed by atoms with Crippen LogP contribution in [-0.4, -0.2) is 18.0 Å². The van der Waals surface area contributed by atoms with Gasteiger partial charge in [0.25, 0.3) is 5.69 Å². The molecule has 1 N–H and O–H groups in total. The van der Waals surface area contributed by atoms with E-state index in [1.54, 1.807) is 6.07 Å². The van der Waals surface area contributed by atoms with Gasteiger partial charge in [0.15, 0.2) is 0 Å². The van der Waals surface area contributed by atoms with Crippen molar-refractivity contribution in [2.45, 2.75) is 45.1 Å². The first kappa shape index (κ1) is 16.2. The van der Waals surface area contributed by atoms with Gasteiger partial charge in [-0.25, -0.2) is 0 Å². The van der Waals surface area contributed by atoms with Crippen molar-refractivity contribution in [3.8, 4) is 0 Å². The third-order valence-corrected chi connectivity index (χ3v) is 5.12. The molecule has 0 aromatic heterocycles. The first-order valence-corrected chi connectivity index (χ1v) is 8.03. The van der Waals surface area contributed by atoms with Crippen molar-refractivity contribution in [3.05, 3.63) is 38.9 Å². The summed E-state index contributed by atoms with van der Waals surface area (Å²) in [5, 5.41) is 14.7. The maximum absolute atomic E-state index is 10.8. The number of halogens is 1. The molecule has 3 unspecified atom stereocenters. The Bertz CT molecular complexity index is 507. The molecule has 2 rings (SSSR count). The standard InChI is InChI=1S/C16H23ClN2O2/c1-3-11-4-7-16(18-2)13(8-11)9-12-5-6-14(19(20)21)10-15(12)17/h5-6,10-11,13,16,18H,3-4,7-9H2,1-2H3. The smallest absolute Gasteiger partial charge is 0.270 e. The zero-order valence-corrected chi connectivity index (χ0v) is 13.4. The Morgan fingerprint density at radius 1 is 1.43 bits per heavy atom. The van der Waals surface area contributed by atoms with Gasteiger partial charge in [0.1, 0.15) is 0 Å². The summed E-state index contributed by atoms with van der Waals surface area (Å²) < 4.78 is 0. The lowest BCUT2D eigenvalue weighted by Gasteiger charge is -2.36. The molecule has 1 aromatic carbocycles. The van der Waals surface area contributed by atoms with Crippen LogP contribution >= 0.6 is 11.6 Å². The van der Waals surface area contributed by atoms with Crippen LogP contribution in [0.25, 0.3) is 0 Å². The molecular formula is C16H23ClN2O2. The molecular weight excluding hydrogens is 288 g/mol. The van der Waals surface area contributed by atoms with Crippen molar-refractivity contribution < 1.29 is 4.92 Å². The molecule has 0 radical (unpaired) electrons. The number of nitro groups is 1. The number of nitro benzene ring substituents is 1. The fourth-order valence-electron chi connectivity index (χ4n) is 3.44. The number of non-ortho nitro benzene ring substituents is 1.